The number of nitrogens with zero attached hydrogens (tertiary/aromatic N) is 1. The Balaban J connectivity index is 2.29. The zero-order chi connectivity index (χ0) is 18.4. The van der Waals surface area contributed by atoms with Gasteiger partial charge in [0.05, 0.1) is 5.69 Å². The van der Waals surface area contributed by atoms with Crippen LogP contribution >= 0.6 is 0 Å². The van der Waals surface area contributed by atoms with E-state index < -0.39 is 40.1 Å². The van der Waals surface area contributed by atoms with Crippen molar-refractivity contribution in [3.05, 3.63) is 65.2 Å². The third-order valence-electron chi connectivity index (χ3n) is 3.36. The van der Waals surface area contributed by atoms with Gasteiger partial charge >= 0.3 is 5.97 Å². The molecule has 5 nitrogen and oxygen atoms in total. The van der Waals surface area contributed by atoms with Crippen molar-refractivity contribution in [2.75, 3.05) is 10.8 Å². The van der Waals surface area contributed by atoms with Crippen LogP contribution in [0.15, 0.2) is 42.5 Å². The minimum Gasteiger partial charge on any atom is -0.755 e. The van der Waals surface area contributed by atoms with E-state index in [0.717, 1.165) is 16.4 Å². The lowest BCUT2D eigenvalue weighted by atomic mass is 10.1. The fourth-order valence-corrected chi connectivity index (χ4v) is 2.83. The number of anilines is 1. The number of carbonyl (C=O) groups is 1. The topological polar surface area (TPSA) is 69.7 Å². The average molecular weight is 368 g/mol. The first-order valence-electron chi connectivity index (χ1n) is 7.51. The molecule has 2 aromatic carbocycles. The van der Waals surface area contributed by atoms with E-state index in [1.165, 1.54) is 0 Å². The number of hydrogen-bond acceptors (Lipinski definition) is 4. The molecular formula is C17H16F2NO4S-. The normalized spacial score (nSPS) is 11.8. The zero-order valence-corrected chi connectivity index (χ0v) is 14.2. The molecule has 0 heterocycles. The summed E-state index contributed by atoms with van der Waals surface area (Å²) in [6, 6.07) is 10.4. The lowest BCUT2D eigenvalue weighted by Gasteiger charge is -2.26. The van der Waals surface area contributed by atoms with Gasteiger partial charge < -0.3 is 9.29 Å². The fourth-order valence-electron chi connectivity index (χ4n) is 2.19. The molecule has 0 aromatic heterocycles. The van der Waals surface area contributed by atoms with Gasteiger partial charge in [-0.3, -0.25) is 8.51 Å². The number of benzene rings is 2. The SMILES string of the molecule is CCCN(c1ccc(F)c(C(=O)OCc2ccccc2)c1F)S(=O)[O-]. The molecule has 0 spiro atoms. The van der Waals surface area contributed by atoms with Crippen LogP contribution in [0.4, 0.5) is 14.5 Å². The molecule has 0 aliphatic rings. The van der Waals surface area contributed by atoms with Crippen LogP contribution in [0.1, 0.15) is 29.3 Å². The van der Waals surface area contributed by atoms with Gasteiger partial charge in [-0.25, -0.2) is 13.6 Å². The highest BCUT2D eigenvalue weighted by atomic mass is 32.2. The Morgan fingerprint density at radius 2 is 1.88 bits per heavy atom. The van der Waals surface area contributed by atoms with E-state index in [1.807, 2.05) is 0 Å². The second-order valence-corrected chi connectivity index (χ2v) is 6.01. The summed E-state index contributed by atoms with van der Waals surface area (Å²) in [4.78, 5) is 12.1. The lowest BCUT2D eigenvalue weighted by molar-refractivity contribution is 0.0461. The van der Waals surface area contributed by atoms with Crippen LogP contribution in [-0.4, -0.2) is 21.3 Å². The third kappa shape index (κ3) is 4.61. The summed E-state index contributed by atoms with van der Waals surface area (Å²) in [7, 11) is 0. The number of rotatable bonds is 7. The van der Waals surface area contributed by atoms with Gasteiger partial charge in [-0.05, 0) is 24.1 Å². The third-order valence-corrected chi connectivity index (χ3v) is 4.10. The number of hydrogen-bond donors (Lipinski definition) is 0. The van der Waals surface area contributed by atoms with Crippen LogP contribution in [-0.2, 0) is 22.6 Å². The van der Waals surface area contributed by atoms with Crippen molar-refractivity contribution in [3.63, 3.8) is 0 Å². The standard InChI is InChI=1S/C17H17F2NO4S/c1-2-10-20(25(22)23)14-9-8-13(18)15(16(14)19)17(21)24-11-12-6-4-3-5-7-12/h3-9H,2,10-11H2,1H3,(H,22,23)/p-1. The molecule has 0 amide bonds. The Hall–Kier alpha value is -2.32. The van der Waals surface area contributed by atoms with Gasteiger partial charge in [0.15, 0.2) is 5.82 Å². The number of halogens is 2. The van der Waals surface area contributed by atoms with Crippen molar-refractivity contribution in [2.45, 2.75) is 20.0 Å². The monoisotopic (exact) mass is 368 g/mol. The summed E-state index contributed by atoms with van der Waals surface area (Å²) >= 11 is -2.76. The van der Waals surface area contributed by atoms with Gasteiger partial charge in [0.2, 0.25) is 0 Å². The first kappa shape index (κ1) is 19.0. The van der Waals surface area contributed by atoms with Crippen LogP contribution in [0.25, 0.3) is 0 Å². The van der Waals surface area contributed by atoms with Gasteiger partial charge in [-0.1, -0.05) is 37.3 Å². The van der Waals surface area contributed by atoms with E-state index in [4.69, 9.17) is 4.74 Å². The summed E-state index contributed by atoms with van der Waals surface area (Å²) in [5, 5.41) is 0. The summed E-state index contributed by atoms with van der Waals surface area (Å²) in [6.45, 7) is 1.54. The molecule has 0 bridgehead atoms. The molecule has 2 rings (SSSR count). The van der Waals surface area contributed by atoms with E-state index >= 15 is 0 Å². The maximum Gasteiger partial charge on any atom is 0.344 e. The van der Waals surface area contributed by atoms with Crippen LogP contribution in [0.2, 0.25) is 0 Å². The van der Waals surface area contributed by atoms with Crippen molar-refractivity contribution in [2.24, 2.45) is 0 Å². The molecule has 0 N–H and O–H groups in total. The predicted molar refractivity (Wildman–Crippen MR) is 88.5 cm³/mol. The number of esters is 1. The van der Waals surface area contributed by atoms with Crippen molar-refractivity contribution in [1.29, 1.82) is 0 Å². The average Bonchev–Trinajstić information content (AvgIpc) is 2.59. The van der Waals surface area contributed by atoms with Crippen molar-refractivity contribution in [1.82, 2.24) is 0 Å². The van der Waals surface area contributed by atoms with Crippen molar-refractivity contribution >= 4 is 22.9 Å². The van der Waals surface area contributed by atoms with Gasteiger partial charge in [0, 0.05) is 17.8 Å². The fraction of sp³-hybridized carbons (Fsp3) is 0.235. The minimum atomic E-state index is -2.76. The number of ether oxygens (including phenoxy) is 1. The maximum absolute atomic E-state index is 14.6. The summed E-state index contributed by atoms with van der Waals surface area (Å²) < 4.78 is 56.7. The second-order valence-electron chi connectivity index (χ2n) is 5.14. The molecule has 25 heavy (non-hydrogen) atoms. The quantitative estimate of drug-likeness (QED) is 0.555. The van der Waals surface area contributed by atoms with Gasteiger partial charge in [0.25, 0.3) is 0 Å². The Kier molecular flexibility index (Phi) is 6.60. The van der Waals surface area contributed by atoms with E-state index in [1.54, 1.807) is 37.3 Å². The number of carbonyl (C=O) groups excluding carboxylic acids is 1. The molecule has 0 aliphatic carbocycles. The van der Waals surface area contributed by atoms with E-state index in [-0.39, 0.29) is 13.2 Å². The summed E-state index contributed by atoms with van der Waals surface area (Å²) in [5.41, 5.74) is -0.663. The highest BCUT2D eigenvalue weighted by Crippen LogP contribution is 2.26. The molecule has 0 radical (unpaired) electrons. The Morgan fingerprint density at radius 1 is 1.20 bits per heavy atom. The van der Waals surface area contributed by atoms with Crippen molar-refractivity contribution in [3.8, 4) is 0 Å². The van der Waals surface area contributed by atoms with Crippen LogP contribution in [0, 0.1) is 11.6 Å². The van der Waals surface area contributed by atoms with Gasteiger partial charge in [0.1, 0.15) is 18.0 Å². The molecule has 0 aliphatic heterocycles. The molecule has 1 atom stereocenters. The smallest absolute Gasteiger partial charge is 0.344 e. The molecule has 0 fully saturated rings. The van der Waals surface area contributed by atoms with Crippen LogP contribution in [0.5, 0.6) is 0 Å². The molecule has 0 saturated carbocycles. The van der Waals surface area contributed by atoms with E-state index in [0.29, 0.717) is 12.0 Å². The van der Waals surface area contributed by atoms with Crippen LogP contribution < -0.4 is 4.31 Å². The molecule has 0 saturated heterocycles. The van der Waals surface area contributed by atoms with Gasteiger partial charge in [-0.15, -0.1) is 0 Å². The lowest BCUT2D eigenvalue weighted by Crippen LogP contribution is -2.28. The minimum absolute atomic E-state index is 0.00281. The Labute approximate surface area is 146 Å². The maximum atomic E-state index is 14.6. The first-order valence-corrected chi connectivity index (χ1v) is 8.54. The highest BCUT2D eigenvalue weighted by Gasteiger charge is 2.24. The van der Waals surface area contributed by atoms with Gasteiger partial charge in [-0.2, -0.15) is 0 Å². The molecule has 2 aromatic rings. The van der Waals surface area contributed by atoms with E-state index in [2.05, 4.69) is 0 Å². The molecule has 1 unspecified atom stereocenters. The van der Waals surface area contributed by atoms with Crippen molar-refractivity contribution < 1.29 is 27.1 Å². The molecular weight excluding hydrogens is 352 g/mol. The first-order chi connectivity index (χ1) is 12.0. The van der Waals surface area contributed by atoms with E-state index in [9.17, 15) is 22.3 Å². The zero-order valence-electron chi connectivity index (χ0n) is 13.4. The molecule has 134 valence electrons. The highest BCUT2D eigenvalue weighted by molar-refractivity contribution is 7.80. The summed E-state index contributed by atoms with van der Waals surface area (Å²) in [6.07, 6.45) is 0.415. The molecule has 8 heteroatoms. The largest absolute Gasteiger partial charge is 0.755 e. The second kappa shape index (κ2) is 8.68. The summed E-state index contributed by atoms with van der Waals surface area (Å²) in [5.74, 6) is -3.59. The Morgan fingerprint density at radius 3 is 2.48 bits per heavy atom. The predicted octanol–water partition coefficient (Wildman–Crippen LogP) is 3.33. The van der Waals surface area contributed by atoms with Crippen LogP contribution in [0.3, 0.4) is 0 Å². The Bertz CT molecular complexity index is 771.